The third kappa shape index (κ3) is 6.02. The first-order chi connectivity index (χ1) is 9.17. The number of carbonyl (C=O) groups excluding carboxylic acids is 2. The summed E-state index contributed by atoms with van der Waals surface area (Å²) in [5.74, 6) is 0.105. The van der Waals surface area contributed by atoms with E-state index in [4.69, 9.17) is 4.74 Å². The van der Waals surface area contributed by atoms with E-state index < -0.39 is 0 Å². The van der Waals surface area contributed by atoms with Crippen LogP contribution in [0.2, 0.25) is 0 Å². The van der Waals surface area contributed by atoms with Gasteiger partial charge in [0.2, 0.25) is 11.8 Å². The maximum absolute atomic E-state index is 11.7. The first kappa shape index (κ1) is 15.9. The summed E-state index contributed by atoms with van der Waals surface area (Å²) in [6.45, 7) is 8.62. The highest BCUT2D eigenvalue weighted by atomic mass is 16.5. The Labute approximate surface area is 115 Å². The van der Waals surface area contributed by atoms with Crippen LogP contribution >= 0.6 is 0 Å². The fourth-order valence-electron chi connectivity index (χ4n) is 1.96. The molecule has 1 fully saturated rings. The van der Waals surface area contributed by atoms with Gasteiger partial charge in [0.25, 0.3) is 0 Å². The Bertz CT molecular complexity index is 289. The summed E-state index contributed by atoms with van der Waals surface area (Å²) in [5, 5.41) is 2.86. The third-order valence-corrected chi connectivity index (χ3v) is 3.09. The molecule has 19 heavy (non-hydrogen) atoms. The van der Waals surface area contributed by atoms with E-state index in [1.54, 1.807) is 4.90 Å². The maximum Gasteiger partial charge on any atom is 0.248 e. The van der Waals surface area contributed by atoms with Gasteiger partial charge in [0.15, 0.2) is 0 Å². The molecule has 0 saturated carbocycles. The molecule has 2 amide bonds. The van der Waals surface area contributed by atoms with Crippen LogP contribution in [0.4, 0.5) is 0 Å². The van der Waals surface area contributed by atoms with Crippen LogP contribution in [0.5, 0.6) is 0 Å². The molecule has 1 saturated heterocycles. The summed E-state index contributed by atoms with van der Waals surface area (Å²) in [6, 6.07) is 0. The monoisotopic (exact) mass is 271 g/mol. The van der Waals surface area contributed by atoms with Gasteiger partial charge in [-0.25, -0.2) is 0 Å². The van der Waals surface area contributed by atoms with Crippen molar-refractivity contribution >= 4 is 11.8 Å². The molecule has 0 unspecified atom stereocenters. The van der Waals surface area contributed by atoms with Crippen LogP contribution in [-0.4, -0.2) is 74.1 Å². The molecule has 1 N–H and O–H groups in total. The highest BCUT2D eigenvalue weighted by molar-refractivity contribution is 5.78. The number of ether oxygens (including phenoxy) is 1. The second-order valence-corrected chi connectivity index (χ2v) is 4.64. The molecule has 1 aliphatic rings. The first-order valence-corrected chi connectivity index (χ1v) is 7.02. The van der Waals surface area contributed by atoms with Gasteiger partial charge in [-0.1, -0.05) is 6.92 Å². The lowest BCUT2D eigenvalue weighted by Crippen LogP contribution is -2.51. The largest absolute Gasteiger partial charge is 0.372 e. The van der Waals surface area contributed by atoms with E-state index in [1.165, 1.54) is 0 Å². The SMILES string of the molecule is CCCNC(=O)CN1CCN(C(=O)COCC)CC1. The van der Waals surface area contributed by atoms with Crippen LogP contribution in [0.25, 0.3) is 0 Å². The normalized spacial score (nSPS) is 16.4. The lowest BCUT2D eigenvalue weighted by atomic mass is 10.3. The van der Waals surface area contributed by atoms with Gasteiger partial charge < -0.3 is 15.0 Å². The predicted octanol–water partition coefficient (Wildman–Crippen LogP) is -0.307. The quantitative estimate of drug-likeness (QED) is 0.690. The topological polar surface area (TPSA) is 61.9 Å². The van der Waals surface area contributed by atoms with Gasteiger partial charge in [0.05, 0.1) is 6.54 Å². The molecule has 1 rings (SSSR count). The van der Waals surface area contributed by atoms with E-state index in [0.717, 1.165) is 26.1 Å². The van der Waals surface area contributed by atoms with Gasteiger partial charge in [-0.2, -0.15) is 0 Å². The lowest BCUT2D eigenvalue weighted by Gasteiger charge is -2.34. The molecule has 0 radical (unpaired) electrons. The first-order valence-electron chi connectivity index (χ1n) is 7.02. The Morgan fingerprint density at radius 1 is 1.16 bits per heavy atom. The molecule has 0 aromatic rings. The molecule has 0 aliphatic carbocycles. The average Bonchev–Trinajstić information content (AvgIpc) is 2.43. The van der Waals surface area contributed by atoms with Crippen molar-refractivity contribution in [3.8, 4) is 0 Å². The van der Waals surface area contributed by atoms with Crippen LogP contribution < -0.4 is 5.32 Å². The van der Waals surface area contributed by atoms with Crippen LogP contribution in [-0.2, 0) is 14.3 Å². The molecule has 6 heteroatoms. The molecule has 110 valence electrons. The third-order valence-electron chi connectivity index (χ3n) is 3.09. The number of piperazine rings is 1. The average molecular weight is 271 g/mol. The summed E-state index contributed by atoms with van der Waals surface area (Å²) < 4.78 is 5.12. The van der Waals surface area contributed by atoms with Gasteiger partial charge in [-0.05, 0) is 13.3 Å². The molecule has 0 spiro atoms. The van der Waals surface area contributed by atoms with E-state index in [2.05, 4.69) is 10.2 Å². The number of amides is 2. The number of rotatable bonds is 7. The van der Waals surface area contributed by atoms with E-state index in [-0.39, 0.29) is 18.4 Å². The number of hydrogen-bond acceptors (Lipinski definition) is 4. The van der Waals surface area contributed by atoms with Crippen molar-refractivity contribution in [2.45, 2.75) is 20.3 Å². The molecule has 0 aromatic carbocycles. The zero-order valence-corrected chi connectivity index (χ0v) is 12.0. The van der Waals surface area contributed by atoms with Crippen molar-refractivity contribution in [1.29, 1.82) is 0 Å². The molecule has 0 atom stereocenters. The minimum Gasteiger partial charge on any atom is -0.372 e. The Hall–Kier alpha value is -1.14. The minimum atomic E-state index is 0.0388. The summed E-state index contributed by atoms with van der Waals surface area (Å²) in [4.78, 5) is 27.2. The van der Waals surface area contributed by atoms with Crippen molar-refractivity contribution < 1.29 is 14.3 Å². The molecule has 6 nitrogen and oxygen atoms in total. The van der Waals surface area contributed by atoms with Crippen molar-refractivity contribution in [3.05, 3.63) is 0 Å². The molecular weight excluding hydrogens is 246 g/mol. The van der Waals surface area contributed by atoms with Gasteiger partial charge in [-0.15, -0.1) is 0 Å². The number of nitrogens with zero attached hydrogens (tertiary/aromatic N) is 2. The zero-order valence-electron chi connectivity index (χ0n) is 12.0. The molecule has 1 heterocycles. The summed E-state index contributed by atoms with van der Waals surface area (Å²) in [7, 11) is 0. The number of carbonyl (C=O) groups is 2. The number of hydrogen-bond donors (Lipinski definition) is 1. The van der Waals surface area contributed by atoms with Gasteiger partial charge >= 0.3 is 0 Å². The van der Waals surface area contributed by atoms with Gasteiger partial charge in [0, 0.05) is 39.3 Å². The molecule has 1 aliphatic heterocycles. The summed E-state index contributed by atoms with van der Waals surface area (Å²) >= 11 is 0. The van der Waals surface area contributed by atoms with E-state index in [1.807, 2.05) is 13.8 Å². The van der Waals surface area contributed by atoms with Crippen molar-refractivity contribution in [1.82, 2.24) is 15.1 Å². The number of nitrogens with one attached hydrogen (secondary N) is 1. The van der Waals surface area contributed by atoms with Crippen LogP contribution in [0.1, 0.15) is 20.3 Å². The Morgan fingerprint density at radius 3 is 2.42 bits per heavy atom. The van der Waals surface area contributed by atoms with Crippen molar-refractivity contribution in [2.24, 2.45) is 0 Å². The van der Waals surface area contributed by atoms with Crippen LogP contribution in [0.15, 0.2) is 0 Å². The van der Waals surface area contributed by atoms with Crippen LogP contribution in [0, 0.1) is 0 Å². The van der Waals surface area contributed by atoms with E-state index >= 15 is 0 Å². The molecular formula is C13H25N3O3. The second-order valence-electron chi connectivity index (χ2n) is 4.64. The Kier molecular flexibility index (Phi) is 7.43. The fraction of sp³-hybridized carbons (Fsp3) is 0.846. The molecule has 0 aromatic heterocycles. The smallest absolute Gasteiger partial charge is 0.248 e. The fourth-order valence-corrected chi connectivity index (χ4v) is 1.96. The van der Waals surface area contributed by atoms with Crippen LogP contribution in [0.3, 0.4) is 0 Å². The van der Waals surface area contributed by atoms with Crippen molar-refractivity contribution in [3.63, 3.8) is 0 Å². The predicted molar refractivity (Wildman–Crippen MR) is 72.8 cm³/mol. The highest BCUT2D eigenvalue weighted by Gasteiger charge is 2.21. The van der Waals surface area contributed by atoms with E-state index in [0.29, 0.717) is 26.2 Å². The maximum atomic E-state index is 11.7. The van der Waals surface area contributed by atoms with Crippen molar-refractivity contribution in [2.75, 3.05) is 52.5 Å². The minimum absolute atomic E-state index is 0.0388. The standard InChI is InChI=1S/C13H25N3O3/c1-3-5-14-12(17)10-15-6-8-16(9-7-15)13(18)11-19-4-2/h3-11H2,1-2H3,(H,14,17). The molecule has 0 bridgehead atoms. The lowest BCUT2D eigenvalue weighted by molar-refractivity contribution is -0.137. The second kappa shape index (κ2) is 8.87. The highest BCUT2D eigenvalue weighted by Crippen LogP contribution is 2.02. The zero-order chi connectivity index (χ0) is 14.1. The summed E-state index contributed by atoms with van der Waals surface area (Å²) in [6.07, 6.45) is 0.950. The van der Waals surface area contributed by atoms with Gasteiger partial charge in [0.1, 0.15) is 6.61 Å². The van der Waals surface area contributed by atoms with E-state index in [9.17, 15) is 9.59 Å². The Balaban J connectivity index is 2.21. The Morgan fingerprint density at radius 2 is 1.84 bits per heavy atom. The summed E-state index contributed by atoms with van der Waals surface area (Å²) in [5.41, 5.74) is 0. The van der Waals surface area contributed by atoms with Gasteiger partial charge in [-0.3, -0.25) is 14.5 Å².